The van der Waals surface area contributed by atoms with Crippen LogP contribution >= 0.6 is 11.6 Å². The Bertz CT molecular complexity index is 1200. The monoisotopic (exact) mass is 506 g/mol. The zero-order valence-electron chi connectivity index (χ0n) is 18.7. The molecule has 4 heterocycles. The third-order valence-corrected chi connectivity index (χ3v) is 6.04. The van der Waals surface area contributed by atoms with Crippen LogP contribution < -0.4 is 4.90 Å². The number of carbonyl (C=O) groups excluding carboxylic acids is 2. The van der Waals surface area contributed by atoms with E-state index in [1.54, 1.807) is 29.3 Å². The fraction of sp³-hybridized carbons (Fsp3) is 0.348. The van der Waals surface area contributed by atoms with E-state index >= 15 is 0 Å². The maximum absolute atomic E-state index is 12.9. The molecule has 0 aliphatic carbocycles. The summed E-state index contributed by atoms with van der Waals surface area (Å²) in [5, 5.41) is 4.44. The van der Waals surface area contributed by atoms with Crippen LogP contribution in [0.4, 0.5) is 18.9 Å². The second-order valence-corrected chi connectivity index (χ2v) is 8.46. The molecule has 8 nitrogen and oxygen atoms in total. The Morgan fingerprint density at radius 1 is 1.26 bits per heavy atom. The van der Waals surface area contributed by atoms with Crippen molar-refractivity contribution in [2.45, 2.75) is 32.5 Å². The van der Waals surface area contributed by atoms with E-state index in [1.807, 2.05) is 13.0 Å². The minimum absolute atomic E-state index is 0.136. The van der Waals surface area contributed by atoms with Crippen LogP contribution in [0.25, 0.3) is 5.69 Å². The number of amides is 2. The first kappa shape index (κ1) is 24.6. The van der Waals surface area contributed by atoms with E-state index in [1.165, 1.54) is 15.9 Å². The number of aromatic nitrogens is 4. The third-order valence-electron chi connectivity index (χ3n) is 5.77. The van der Waals surface area contributed by atoms with Crippen molar-refractivity contribution in [3.8, 4) is 5.69 Å². The van der Waals surface area contributed by atoms with Crippen LogP contribution in [0.15, 0.2) is 49.1 Å². The quantitative estimate of drug-likeness (QED) is 0.429. The molecular weight excluding hydrogens is 485 g/mol. The lowest BCUT2D eigenvalue weighted by molar-refractivity contribution is -0.149. The minimum Gasteiger partial charge on any atom is -0.337 e. The lowest BCUT2D eigenvalue weighted by Gasteiger charge is -2.38. The normalized spacial score (nSPS) is 15.7. The van der Waals surface area contributed by atoms with Gasteiger partial charge in [-0.05, 0) is 37.1 Å². The number of hydrogen-bond acceptors (Lipinski definition) is 5. The molecule has 0 spiro atoms. The second-order valence-electron chi connectivity index (χ2n) is 8.10. The predicted molar refractivity (Wildman–Crippen MR) is 122 cm³/mol. The Hall–Kier alpha value is -3.47. The molecule has 3 aromatic heterocycles. The summed E-state index contributed by atoms with van der Waals surface area (Å²) in [5.41, 5.74) is 0.712. The van der Waals surface area contributed by atoms with Gasteiger partial charge in [0.05, 0.1) is 24.0 Å². The molecule has 2 amide bonds. The van der Waals surface area contributed by atoms with Gasteiger partial charge in [0.2, 0.25) is 11.8 Å². The number of alkyl halides is 3. The summed E-state index contributed by atoms with van der Waals surface area (Å²) >= 11 is 6.29. The molecule has 35 heavy (non-hydrogen) atoms. The number of carbonyl (C=O) groups is 2. The number of halogens is 4. The maximum Gasteiger partial charge on any atom is 0.433 e. The molecule has 0 aromatic carbocycles. The standard InChI is InChI=1S/C23H22ClF3N6O2/c1-2-32(18-14-33(30-21(18)24)17-4-3-9-28-11-17)20(34)8-6-16-13-31(22(16)35)12-15-5-7-19(29-10-15)23(25,26)27/h3-5,7,9-11,14,16H,2,6,8,12-13H2,1H3. The Labute approximate surface area is 204 Å². The zero-order chi connectivity index (χ0) is 25.2. The summed E-state index contributed by atoms with van der Waals surface area (Å²) in [5.74, 6) is -0.629. The van der Waals surface area contributed by atoms with Gasteiger partial charge in [-0.3, -0.25) is 19.6 Å². The van der Waals surface area contributed by atoms with Crippen LogP contribution in [0.5, 0.6) is 0 Å². The largest absolute Gasteiger partial charge is 0.433 e. The average molecular weight is 507 g/mol. The molecule has 1 aliphatic rings. The predicted octanol–water partition coefficient (Wildman–Crippen LogP) is 4.13. The minimum atomic E-state index is -4.50. The van der Waals surface area contributed by atoms with Crippen molar-refractivity contribution >= 4 is 29.1 Å². The molecule has 1 unspecified atom stereocenters. The molecule has 0 radical (unpaired) electrons. The van der Waals surface area contributed by atoms with Gasteiger partial charge in [-0.25, -0.2) is 4.68 Å². The zero-order valence-corrected chi connectivity index (χ0v) is 19.5. The number of pyridine rings is 2. The highest BCUT2D eigenvalue weighted by atomic mass is 35.5. The smallest absolute Gasteiger partial charge is 0.337 e. The molecule has 184 valence electrons. The van der Waals surface area contributed by atoms with E-state index in [4.69, 9.17) is 11.6 Å². The van der Waals surface area contributed by atoms with Gasteiger partial charge < -0.3 is 9.80 Å². The number of nitrogens with zero attached hydrogens (tertiary/aromatic N) is 6. The van der Waals surface area contributed by atoms with Gasteiger partial charge in [0.1, 0.15) is 11.4 Å². The summed E-state index contributed by atoms with van der Waals surface area (Å²) in [6.07, 6.45) is 2.06. The summed E-state index contributed by atoms with van der Waals surface area (Å²) in [7, 11) is 0. The molecule has 12 heteroatoms. The summed E-state index contributed by atoms with van der Waals surface area (Å²) in [6.45, 7) is 2.81. The van der Waals surface area contributed by atoms with Crippen molar-refractivity contribution in [1.82, 2.24) is 24.6 Å². The van der Waals surface area contributed by atoms with Gasteiger partial charge in [-0.15, -0.1) is 0 Å². The van der Waals surface area contributed by atoms with Crippen molar-refractivity contribution < 1.29 is 22.8 Å². The number of anilines is 1. The number of hydrogen-bond donors (Lipinski definition) is 0. The lowest BCUT2D eigenvalue weighted by Crippen LogP contribution is -2.52. The molecular formula is C23H22ClF3N6O2. The van der Waals surface area contributed by atoms with E-state index in [2.05, 4.69) is 15.1 Å². The Kier molecular flexibility index (Phi) is 7.06. The first-order chi connectivity index (χ1) is 16.7. The summed E-state index contributed by atoms with van der Waals surface area (Å²) in [4.78, 5) is 35.9. The van der Waals surface area contributed by atoms with E-state index in [0.717, 1.165) is 12.3 Å². The number of likely N-dealkylation sites (tertiary alicyclic amines) is 1. The van der Waals surface area contributed by atoms with Gasteiger partial charge >= 0.3 is 6.18 Å². The summed E-state index contributed by atoms with van der Waals surface area (Å²) < 4.78 is 39.5. The van der Waals surface area contributed by atoms with Crippen LogP contribution in [-0.4, -0.2) is 49.6 Å². The molecule has 1 aliphatic heterocycles. The fourth-order valence-corrected chi connectivity index (χ4v) is 4.14. The van der Waals surface area contributed by atoms with Gasteiger partial charge in [-0.2, -0.15) is 18.3 Å². The van der Waals surface area contributed by atoms with E-state index in [0.29, 0.717) is 36.4 Å². The number of β-lactam (4-membered cyclic amide) rings is 1. The first-order valence-electron chi connectivity index (χ1n) is 10.9. The molecule has 0 N–H and O–H groups in total. The topological polar surface area (TPSA) is 84.2 Å². The van der Waals surface area contributed by atoms with E-state index < -0.39 is 11.9 Å². The van der Waals surface area contributed by atoms with Crippen molar-refractivity contribution in [3.63, 3.8) is 0 Å². The first-order valence-corrected chi connectivity index (χ1v) is 11.3. The van der Waals surface area contributed by atoms with Crippen molar-refractivity contribution in [2.75, 3.05) is 18.0 Å². The van der Waals surface area contributed by atoms with Gasteiger partial charge in [-0.1, -0.05) is 17.7 Å². The lowest BCUT2D eigenvalue weighted by atomic mass is 9.92. The molecule has 3 aromatic rings. The second kappa shape index (κ2) is 10.0. The Morgan fingerprint density at radius 2 is 2.06 bits per heavy atom. The SMILES string of the molecule is CCN(C(=O)CCC1CN(Cc2ccc(C(F)(F)F)nc2)C1=O)c1cn(-c2cccnc2)nc1Cl. The van der Waals surface area contributed by atoms with Crippen molar-refractivity contribution in [1.29, 1.82) is 0 Å². The van der Waals surface area contributed by atoms with Crippen molar-refractivity contribution in [3.05, 3.63) is 65.5 Å². The van der Waals surface area contributed by atoms with Crippen molar-refractivity contribution in [2.24, 2.45) is 5.92 Å². The Balaban J connectivity index is 1.31. The fourth-order valence-electron chi connectivity index (χ4n) is 3.90. The van der Waals surface area contributed by atoms with E-state index in [-0.39, 0.29) is 35.9 Å². The molecule has 4 rings (SSSR count). The van der Waals surface area contributed by atoms with Gasteiger partial charge in [0, 0.05) is 38.4 Å². The van der Waals surface area contributed by atoms with Crippen LogP contribution in [0.3, 0.4) is 0 Å². The molecule has 1 atom stereocenters. The molecule has 0 saturated carbocycles. The van der Waals surface area contributed by atoms with Crippen LogP contribution in [0.1, 0.15) is 31.0 Å². The van der Waals surface area contributed by atoms with E-state index in [9.17, 15) is 22.8 Å². The van der Waals surface area contributed by atoms with Crippen LogP contribution in [0, 0.1) is 5.92 Å². The average Bonchev–Trinajstić information content (AvgIpc) is 3.22. The third kappa shape index (κ3) is 5.45. The van der Waals surface area contributed by atoms with Gasteiger partial charge in [0.25, 0.3) is 0 Å². The maximum atomic E-state index is 12.9. The summed E-state index contributed by atoms with van der Waals surface area (Å²) in [6, 6.07) is 5.79. The molecule has 0 bridgehead atoms. The highest BCUT2D eigenvalue weighted by Crippen LogP contribution is 2.30. The highest BCUT2D eigenvalue weighted by Gasteiger charge is 2.37. The van der Waals surface area contributed by atoms with Crippen LogP contribution in [0.2, 0.25) is 5.15 Å². The Morgan fingerprint density at radius 3 is 2.66 bits per heavy atom. The number of rotatable bonds is 8. The molecule has 1 saturated heterocycles. The highest BCUT2D eigenvalue weighted by molar-refractivity contribution is 6.32. The van der Waals surface area contributed by atoms with Crippen LogP contribution in [-0.2, 0) is 22.3 Å². The molecule has 1 fully saturated rings. The van der Waals surface area contributed by atoms with Gasteiger partial charge in [0.15, 0.2) is 5.15 Å².